The van der Waals surface area contributed by atoms with E-state index in [0.29, 0.717) is 4.47 Å². The number of nitrogens with one attached hydrogen (secondary N) is 1. The topological polar surface area (TPSA) is 38.3 Å². The molecule has 0 unspecified atom stereocenters. The van der Waals surface area contributed by atoms with E-state index in [2.05, 4.69) is 26.0 Å². The standard InChI is InChI=1S/C12H11BrF3NO2/c13-8-2-1-7(5-11(18)17-9-3-4-9)10(6-8)19-12(14,15)16/h1-2,6,9H,3-5H2,(H,17,18). The Kier molecular flexibility index (Phi) is 4.03. The largest absolute Gasteiger partial charge is 0.573 e. The van der Waals surface area contributed by atoms with Crippen molar-refractivity contribution in [2.24, 2.45) is 0 Å². The van der Waals surface area contributed by atoms with E-state index in [-0.39, 0.29) is 29.7 Å². The van der Waals surface area contributed by atoms with Crippen molar-refractivity contribution < 1.29 is 22.7 Å². The lowest BCUT2D eigenvalue weighted by molar-refractivity contribution is -0.274. The highest BCUT2D eigenvalue weighted by Gasteiger charge is 2.32. The van der Waals surface area contributed by atoms with Gasteiger partial charge in [-0.05, 0) is 25.0 Å². The van der Waals surface area contributed by atoms with Crippen molar-refractivity contribution in [2.45, 2.75) is 31.7 Å². The van der Waals surface area contributed by atoms with Gasteiger partial charge in [0, 0.05) is 16.1 Å². The van der Waals surface area contributed by atoms with E-state index in [1.165, 1.54) is 12.1 Å². The molecule has 19 heavy (non-hydrogen) atoms. The molecule has 104 valence electrons. The van der Waals surface area contributed by atoms with Gasteiger partial charge in [0.1, 0.15) is 5.75 Å². The maximum Gasteiger partial charge on any atom is 0.573 e. The van der Waals surface area contributed by atoms with Crippen LogP contribution in [0.3, 0.4) is 0 Å². The molecule has 0 saturated heterocycles. The summed E-state index contributed by atoms with van der Waals surface area (Å²) in [5.41, 5.74) is 0.207. The van der Waals surface area contributed by atoms with Crippen LogP contribution < -0.4 is 10.1 Å². The zero-order valence-electron chi connectivity index (χ0n) is 9.76. The van der Waals surface area contributed by atoms with Gasteiger partial charge >= 0.3 is 6.36 Å². The average molecular weight is 338 g/mol. The Labute approximate surface area is 116 Å². The number of hydrogen-bond acceptors (Lipinski definition) is 2. The molecule has 0 aromatic heterocycles. The van der Waals surface area contributed by atoms with Gasteiger partial charge in [-0.2, -0.15) is 0 Å². The van der Waals surface area contributed by atoms with E-state index >= 15 is 0 Å². The first kappa shape index (κ1) is 14.2. The molecule has 1 amide bonds. The lowest BCUT2D eigenvalue weighted by Crippen LogP contribution is -2.27. The zero-order chi connectivity index (χ0) is 14.0. The van der Waals surface area contributed by atoms with Crippen molar-refractivity contribution in [3.05, 3.63) is 28.2 Å². The van der Waals surface area contributed by atoms with Crippen LogP contribution in [-0.4, -0.2) is 18.3 Å². The Balaban J connectivity index is 2.11. The molecule has 1 aliphatic carbocycles. The van der Waals surface area contributed by atoms with Gasteiger partial charge in [-0.15, -0.1) is 13.2 Å². The lowest BCUT2D eigenvalue weighted by atomic mass is 10.1. The summed E-state index contributed by atoms with van der Waals surface area (Å²) in [7, 11) is 0. The number of carbonyl (C=O) groups is 1. The quantitative estimate of drug-likeness (QED) is 0.916. The van der Waals surface area contributed by atoms with E-state index in [9.17, 15) is 18.0 Å². The van der Waals surface area contributed by atoms with Crippen LogP contribution in [-0.2, 0) is 11.2 Å². The molecule has 1 N–H and O–H groups in total. The number of amides is 1. The van der Waals surface area contributed by atoms with Gasteiger partial charge in [0.2, 0.25) is 5.91 Å². The van der Waals surface area contributed by atoms with Crippen LogP contribution in [0.2, 0.25) is 0 Å². The van der Waals surface area contributed by atoms with Gasteiger partial charge in [0.25, 0.3) is 0 Å². The van der Waals surface area contributed by atoms with Gasteiger partial charge in [-0.1, -0.05) is 22.0 Å². The molecule has 0 spiro atoms. The molecule has 1 aromatic rings. The summed E-state index contributed by atoms with van der Waals surface area (Å²) < 4.78 is 41.2. The minimum Gasteiger partial charge on any atom is -0.405 e. The summed E-state index contributed by atoms with van der Waals surface area (Å²) >= 11 is 3.07. The number of hydrogen-bond donors (Lipinski definition) is 1. The predicted molar refractivity (Wildman–Crippen MR) is 65.7 cm³/mol. The van der Waals surface area contributed by atoms with Gasteiger partial charge in [0.05, 0.1) is 6.42 Å². The molecule has 1 aliphatic rings. The Bertz CT molecular complexity index is 486. The number of benzene rings is 1. The van der Waals surface area contributed by atoms with E-state index in [4.69, 9.17) is 0 Å². The molecule has 0 bridgehead atoms. The molecule has 2 rings (SSSR count). The van der Waals surface area contributed by atoms with Crippen LogP contribution in [0.25, 0.3) is 0 Å². The predicted octanol–water partition coefficient (Wildman–Crippen LogP) is 3.17. The third-order valence-electron chi connectivity index (χ3n) is 2.55. The Hall–Kier alpha value is -1.24. The van der Waals surface area contributed by atoms with E-state index < -0.39 is 6.36 Å². The molecule has 1 aromatic carbocycles. The first-order chi connectivity index (χ1) is 8.83. The molecular weight excluding hydrogens is 327 g/mol. The number of alkyl halides is 3. The first-order valence-electron chi connectivity index (χ1n) is 5.67. The SMILES string of the molecule is O=C(Cc1ccc(Br)cc1OC(F)(F)F)NC1CC1. The van der Waals surface area contributed by atoms with Crippen LogP contribution >= 0.6 is 15.9 Å². The summed E-state index contributed by atoms with van der Waals surface area (Å²) in [6, 6.07) is 4.39. The second-order valence-corrected chi connectivity index (χ2v) is 5.23. The summed E-state index contributed by atoms with van der Waals surface area (Å²) in [4.78, 5) is 11.6. The Morgan fingerprint density at radius 1 is 1.42 bits per heavy atom. The number of ether oxygens (including phenoxy) is 1. The maximum absolute atomic E-state index is 12.3. The highest BCUT2D eigenvalue weighted by Crippen LogP contribution is 2.30. The van der Waals surface area contributed by atoms with Gasteiger partial charge < -0.3 is 10.1 Å². The average Bonchev–Trinajstić information content (AvgIpc) is 3.03. The summed E-state index contributed by atoms with van der Waals surface area (Å²) in [5.74, 6) is -0.648. The van der Waals surface area contributed by atoms with E-state index in [1.807, 2.05) is 0 Å². The zero-order valence-corrected chi connectivity index (χ0v) is 11.3. The van der Waals surface area contributed by atoms with Crippen LogP contribution in [0.4, 0.5) is 13.2 Å². The van der Waals surface area contributed by atoms with Crippen LogP contribution in [0, 0.1) is 0 Å². The van der Waals surface area contributed by atoms with Gasteiger partial charge in [-0.25, -0.2) is 0 Å². The summed E-state index contributed by atoms with van der Waals surface area (Å²) in [5, 5.41) is 2.72. The lowest BCUT2D eigenvalue weighted by Gasteiger charge is -2.13. The second-order valence-electron chi connectivity index (χ2n) is 4.32. The van der Waals surface area contributed by atoms with Gasteiger partial charge in [0.15, 0.2) is 0 Å². The fourth-order valence-electron chi connectivity index (χ4n) is 1.57. The fraction of sp³-hybridized carbons (Fsp3) is 0.417. The molecule has 0 heterocycles. The summed E-state index contributed by atoms with van der Waals surface area (Å²) in [6.45, 7) is 0. The normalized spacial score (nSPS) is 15.2. The number of carbonyl (C=O) groups excluding carboxylic acids is 1. The molecule has 7 heteroatoms. The number of rotatable bonds is 4. The fourth-order valence-corrected chi connectivity index (χ4v) is 1.91. The van der Waals surface area contributed by atoms with Crippen molar-refractivity contribution >= 4 is 21.8 Å². The molecule has 0 atom stereocenters. The third-order valence-corrected chi connectivity index (χ3v) is 3.04. The second kappa shape index (κ2) is 5.40. The Morgan fingerprint density at radius 3 is 2.68 bits per heavy atom. The Morgan fingerprint density at radius 2 is 2.11 bits per heavy atom. The van der Waals surface area contributed by atoms with Crippen LogP contribution in [0.15, 0.2) is 22.7 Å². The maximum atomic E-state index is 12.3. The first-order valence-corrected chi connectivity index (χ1v) is 6.46. The van der Waals surface area contributed by atoms with Crippen molar-refractivity contribution in [2.75, 3.05) is 0 Å². The summed E-state index contributed by atoms with van der Waals surface area (Å²) in [6.07, 6.45) is -3.05. The number of halogens is 4. The van der Waals surface area contributed by atoms with Gasteiger partial charge in [-0.3, -0.25) is 4.79 Å². The molecule has 1 fully saturated rings. The van der Waals surface area contributed by atoms with Crippen molar-refractivity contribution in [1.29, 1.82) is 0 Å². The molecule has 1 saturated carbocycles. The van der Waals surface area contributed by atoms with Crippen molar-refractivity contribution in [3.8, 4) is 5.75 Å². The monoisotopic (exact) mass is 337 g/mol. The van der Waals surface area contributed by atoms with Crippen LogP contribution in [0.1, 0.15) is 18.4 Å². The van der Waals surface area contributed by atoms with Crippen LogP contribution in [0.5, 0.6) is 5.75 Å². The van der Waals surface area contributed by atoms with E-state index in [0.717, 1.165) is 12.8 Å². The molecular formula is C12H11BrF3NO2. The molecule has 0 radical (unpaired) electrons. The smallest absolute Gasteiger partial charge is 0.405 e. The molecule has 0 aliphatic heterocycles. The van der Waals surface area contributed by atoms with Crippen molar-refractivity contribution in [1.82, 2.24) is 5.32 Å². The third kappa shape index (κ3) is 4.74. The van der Waals surface area contributed by atoms with Crippen molar-refractivity contribution in [3.63, 3.8) is 0 Å². The minimum atomic E-state index is -4.78. The molecule has 3 nitrogen and oxygen atoms in total. The van der Waals surface area contributed by atoms with E-state index in [1.54, 1.807) is 6.07 Å². The minimum absolute atomic E-state index is 0.130. The highest BCUT2D eigenvalue weighted by atomic mass is 79.9. The highest BCUT2D eigenvalue weighted by molar-refractivity contribution is 9.10.